The molecule has 2 heterocycles. The van der Waals surface area contributed by atoms with Gasteiger partial charge in [-0.3, -0.25) is 4.79 Å². The third kappa shape index (κ3) is 2.36. The number of rotatable bonds is 2. The van der Waals surface area contributed by atoms with Crippen LogP contribution in [0.15, 0.2) is 24.3 Å². The van der Waals surface area contributed by atoms with E-state index in [2.05, 4.69) is 18.0 Å². The Bertz CT molecular complexity index is 529. The molecule has 3 nitrogen and oxygen atoms in total. The van der Waals surface area contributed by atoms with Crippen LogP contribution in [0.5, 0.6) is 0 Å². The summed E-state index contributed by atoms with van der Waals surface area (Å²) < 4.78 is 0. The topological polar surface area (TPSA) is 44.1 Å². The van der Waals surface area contributed by atoms with Gasteiger partial charge in [0.05, 0.1) is 11.6 Å². The van der Waals surface area contributed by atoms with Crippen LogP contribution >= 0.6 is 0 Å². The zero-order valence-electron chi connectivity index (χ0n) is 11.9. The normalized spacial score (nSPS) is 29.7. The van der Waals surface area contributed by atoms with Crippen LogP contribution < -0.4 is 0 Å². The molecule has 0 amide bonds. The molecular weight excluding hydrogens is 248 g/mol. The summed E-state index contributed by atoms with van der Waals surface area (Å²) in [6.45, 7) is 0. The fourth-order valence-electron chi connectivity index (χ4n) is 3.77. The van der Waals surface area contributed by atoms with Gasteiger partial charge in [0.1, 0.15) is 0 Å². The van der Waals surface area contributed by atoms with Gasteiger partial charge in [-0.15, -0.1) is 0 Å². The smallest absolute Gasteiger partial charge is 0.166 e. The van der Waals surface area contributed by atoms with E-state index < -0.39 is 0 Å². The Labute approximate surface area is 120 Å². The Morgan fingerprint density at radius 2 is 1.80 bits per heavy atom. The van der Waals surface area contributed by atoms with Crippen LogP contribution in [0.2, 0.25) is 0 Å². The maximum absolute atomic E-state index is 12.6. The molecule has 2 saturated heterocycles. The van der Waals surface area contributed by atoms with Gasteiger partial charge in [0.25, 0.3) is 0 Å². The van der Waals surface area contributed by atoms with Crippen molar-refractivity contribution in [2.45, 2.75) is 44.2 Å². The number of nitrogens with zero attached hydrogens (tertiary/aromatic N) is 2. The predicted octanol–water partition coefficient (Wildman–Crippen LogP) is 3.00. The first-order valence-corrected chi connectivity index (χ1v) is 7.45. The first-order valence-electron chi connectivity index (χ1n) is 7.45. The Balaban J connectivity index is 1.76. The summed E-state index contributed by atoms with van der Waals surface area (Å²) in [7, 11) is 2.21. The third-order valence-corrected chi connectivity index (χ3v) is 5.01. The second kappa shape index (κ2) is 5.38. The lowest BCUT2D eigenvalue weighted by Gasteiger charge is -2.46. The number of carbonyl (C=O) groups is 1. The molecule has 0 aromatic heterocycles. The van der Waals surface area contributed by atoms with Crippen LogP contribution in [-0.4, -0.2) is 29.8 Å². The second-order valence-corrected chi connectivity index (χ2v) is 6.13. The van der Waals surface area contributed by atoms with Gasteiger partial charge >= 0.3 is 0 Å². The van der Waals surface area contributed by atoms with Gasteiger partial charge in [-0.25, -0.2) is 0 Å². The van der Waals surface area contributed by atoms with Gasteiger partial charge in [0.2, 0.25) is 0 Å². The summed E-state index contributed by atoms with van der Waals surface area (Å²) in [4.78, 5) is 15.1. The molecule has 0 spiro atoms. The van der Waals surface area contributed by atoms with E-state index in [-0.39, 0.29) is 11.7 Å². The Kier molecular flexibility index (Phi) is 3.58. The lowest BCUT2D eigenvalue weighted by molar-refractivity contribution is 0.0338. The summed E-state index contributed by atoms with van der Waals surface area (Å²) in [5, 5.41) is 8.81. The Morgan fingerprint density at radius 1 is 1.20 bits per heavy atom. The summed E-state index contributed by atoms with van der Waals surface area (Å²) in [6.07, 6.45) is 5.74. The van der Waals surface area contributed by atoms with Gasteiger partial charge in [-0.05, 0) is 44.9 Å². The van der Waals surface area contributed by atoms with E-state index in [0.717, 1.165) is 18.4 Å². The van der Waals surface area contributed by atoms with Crippen LogP contribution in [-0.2, 0) is 0 Å². The third-order valence-electron chi connectivity index (χ3n) is 5.01. The highest BCUT2D eigenvalue weighted by molar-refractivity contribution is 5.98. The van der Waals surface area contributed by atoms with Crippen LogP contribution in [0.1, 0.15) is 48.0 Å². The van der Waals surface area contributed by atoms with Gasteiger partial charge < -0.3 is 4.90 Å². The van der Waals surface area contributed by atoms with Crippen LogP contribution in [0, 0.1) is 17.2 Å². The minimum atomic E-state index is 0.162. The maximum Gasteiger partial charge on any atom is 0.166 e. The number of hydrogen-bond acceptors (Lipinski definition) is 3. The molecule has 3 heteroatoms. The highest BCUT2D eigenvalue weighted by Gasteiger charge is 2.38. The molecule has 0 N–H and O–H groups in total. The van der Waals surface area contributed by atoms with Crippen molar-refractivity contribution in [3.05, 3.63) is 35.4 Å². The average Bonchev–Trinajstić information content (AvgIpc) is 2.46. The summed E-state index contributed by atoms with van der Waals surface area (Å²) in [5.41, 5.74) is 1.37. The Hall–Kier alpha value is -1.66. The molecule has 2 unspecified atom stereocenters. The van der Waals surface area contributed by atoms with Crippen molar-refractivity contribution in [1.82, 2.24) is 4.90 Å². The number of carbonyl (C=O) groups excluding carboxylic acids is 1. The number of benzene rings is 1. The van der Waals surface area contributed by atoms with Crippen molar-refractivity contribution in [1.29, 1.82) is 5.26 Å². The van der Waals surface area contributed by atoms with Gasteiger partial charge in [0.15, 0.2) is 5.78 Å². The van der Waals surface area contributed by atoms with E-state index in [1.54, 1.807) is 24.3 Å². The highest BCUT2D eigenvalue weighted by atomic mass is 16.1. The zero-order valence-corrected chi connectivity index (χ0v) is 11.9. The first-order chi connectivity index (χ1) is 9.69. The molecule has 1 aromatic carbocycles. The van der Waals surface area contributed by atoms with Crippen molar-refractivity contribution in [3.8, 4) is 6.07 Å². The molecule has 2 aliphatic heterocycles. The second-order valence-electron chi connectivity index (χ2n) is 6.13. The average molecular weight is 268 g/mol. The van der Waals surface area contributed by atoms with Gasteiger partial charge in [0, 0.05) is 23.6 Å². The summed E-state index contributed by atoms with van der Waals surface area (Å²) in [5.74, 6) is 0.425. The largest absolute Gasteiger partial charge is 0.300 e. The monoisotopic (exact) mass is 268 g/mol. The molecule has 20 heavy (non-hydrogen) atoms. The number of nitriles is 1. The molecule has 2 bridgehead atoms. The number of fused-ring (bicyclic) bond motifs is 2. The fourth-order valence-corrected chi connectivity index (χ4v) is 3.77. The van der Waals surface area contributed by atoms with Gasteiger partial charge in [-0.1, -0.05) is 18.6 Å². The fraction of sp³-hybridized carbons (Fsp3) is 0.529. The molecule has 0 saturated carbocycles. The van der Waals surface area contributed by atoms with E-state index in [0.29, 0.717) is 17.6 Å². The minimum Gasteiger partial charge on any atom is -0.300 e. The zero-order chi connectivity index (χ0) is 14.1. The van der Waals surface area contributed by atoms with E-state index in [1.807, 2.05) is 0 Å². The van der Waals surface area contributed by atoms with E-state index in [4.69, 9.17) is 5.26 Å². The molecule has 1 aromatic rings. The lowest BCUT2D eigenvalue weighted by atomic mass is 9.76. The molecule has 3 rings (SSSR count). The van der Waals surface area contributed by atoms with Crippen LogP contribution in [0.4, 0.5) is 0 Å². The lowest BCUT2D eigenvalue weighted by Crippen LogP contribution is -2.51. The van der Waals surface area contributed by atoms with Crippen LogP contribution in [0.25, 0.3) is 0 Å². The number of piperidine rings is 2. The minimum absolute atomic E-state index is 0.162. The summed E-state index contributed by atoms with van der Waals surface area (Å²) >= 11 is 0. The van der Waals surface area contributed by atoms with E-state index >= 15 is 0 Å². The van der Waals surface area contributed by atoms with E-state index in [1.165, 1.54) is 19.3 Å². The number of ketones is 1. The first kappa shape index (κ1) is 13.3. The van der Waals surface area contributed by atoms with Crippen LogP contribution in [0.3, 0.4) is 0 Å². The van der Waals surface area contributed by atoms with Crippen molar-refractivity contribution in [2.75, 3.05) is 7.05 Å². The van der Waals surface area contributed by atoms with E-state index in [9.17, 15) is 4.79 Å². The highest BCUT2D eigenvalue weighted by Crippen LogP contribution is 2.37. The van der Waals surface area contributed by atoms with Gasteiger partial charge in [-0.2, -0.15) is 5.26 Å². The van der Waals surface area contributed by atoms with Crippen molar-refractivity contribution in [3.63, 3.8) is 0 Å². The Morgan fingerprint density at radius 3 is 2.35 bits per heavy atom. The maximum atomic E-state index is 12.6. The standard InChI is InChI=1S/C17H20N2O/c1-19-15-3-2-4-16(19)10-14(9-15)17(20)13-7-5-12(11-18)6-8-13/h5-8,14-16H,2-4,9-10H2,1H3. The van der Waals surface area contributed by atoms with Crippen molar-refractivity contribution in [2.24, 2.45) is 5.92 Å². The van der Waals surface area contributed by atoms with Crippen molar-refractivity contribution >= 4 is 5.78 Å². The molecule has 104 valence electrons. The molecule has 2 fully saturated rings. The number of hydrogen-bond donors (Lipinski definition) is 0. The predicted molar refractivity (Wildman–Crippen MR) is 77.4 cm³/mol. The molecule has 2 aliphatic rings. The summed E-state index contributed by atoms with van der Waals surface area (Å²) in [6, 6.07) is 10.3. The molecule has 2 atom stereocenters. The van der Waals surface area contributed by atoms with Crippen molar-refractivity contribution < 1.29 is 4.79 Å². The number of Topliss-reactive ketones (excluding diaryl/α,β-unsaturated/α-hetero) is 1. The molecular formula is C17H20N2O. The molecule has 0 radical (unpaired) electrons. The SMILES string of the molecule is CN1C2CCCC1CC(C(=O)c1ccc(C#N)cc1)C2. The quantitative estimate of drug-likeness (QED) is 0.774. The molecule has 0 aliphatic carbocycles.